The number of halogens is 2. The second kappa shape index (κ2) is 14.4. The summed E-state index contributed by atoms with van der Waals surface area (Å²) in [6.45, 7) is 3.04. The molecule has 0 aliphatic rings. The first-order chi connectivity index (χ1) is 20.5. The van der Waals surface area contributed by atoms with Gasteiger partial charge in [0.2, 0.25) is 11.8 Å². The number of nitrogens with zero attached hydrogens (tertiary/aromatic N) is 2. The zero-order chi connectivity index (χ0) is 31.0. The van der Waals surface area contributed by atoms with Gasteiger partial charge in [0.15, 0.2) is 0 Å². The van der Waals surface area contributed by atoms with Gasteiger partial charge in [0.1, 0.15) is 18.4 Å². The number of amides is 2. The molecule has 4 rings (SSSR count). The fraction of sp³-hybridized carbons (Fsp3) is 0.212. The Bertz CT molecular complexity index is 1620. The third-order valence-electron chi connectivity index (χ3n) is 6.69. The Hall–Kier alpha value is -4.02. The van der Waals surface area contributed by atoms with Crippen molar-refractivity contribution < 1.29 is 22.4 Å². The molecule has 43 heavy (non-hydrogen) atoms. The summed E-state index contributed by atoms with van der Waals surface area (Å²) in [5.74, 6) is -1.41. The Balaban J connectivity index is 1.79. The predicted octanol–water partition coefficient (Wildman–Crippen LogP) is 5.95. The van der Waals surface area contributed by atoms with Crippen molar-refractivity contribution in [1.82, 2.24) is 10.2 Å². The van der Waals surface area contributed by atoms with E-state index >= 15 is 0 Å². The maximum atomic E-state index is 14.3. The first-order valence-electron chi connectivity index (χ1n) is 13.8. The number of carbonyl (C=O) groups excluding carboxylic acids is 2. The Kier molecular flexibility index (Phi) is 10.7. The summed E-state index contributed by atoms with van der Waals surface area (Å²) >= 11 is 3.38. The molecule has 0 aliphatic heterocycles. The van der Waals surface area contributed by atoms with Crippen LogP contribution in [0.15, 0.2) is 119 Å². The van der Waals surface area contributed by atoms with Crippen LogP contribution in [-0.2, 0) is 32.6 Å². The standard InChI is InChI=1S/C33H33BrFN3O4S/c1-24(2)36-33(40)31(21-25-9-5-3-6-10-25)37(22-26-13-17-28(35)18-14-26)32(39)23-38(29-19-15-27(34)16-20-29)43(41,42)30-11-7-4-8-12-30/h3-20,24,31H,21-23H2,1-2H3,(H,36,40). The third-order valence-corrected chi connectivity index (χ3v) is 9.01. The molecule has 0 radical (unpaired) electrons. The SMILES string of the molecule is CC(C)NC(=O)C(Cc1ccccc1)N(Cc1ccc(F)cc1)C(=O)CN(c1ccc(Br)cc1)S(=O)(=O)c1ccccc1. The van der Waals surface area contributed by atoms with E-state index in [1.165, 1.54) is 29.2 Å². The summed E-state index contributed by atoms with van der Waals surface area (Å²) < 4.78 is 43.4. The molecule has 0 bridgehead atoms. The summed E-state index contributed by atoms with van der Waals surface area (Å²) in [6.07, 6.45) is 0.191. The average molecular weight is 667 g/mol. The number of hydrogen-bond acceptors (Lipinski definition) is 4. The molecule has 224 valence electrons. The number of anilines is 1. The van der Waals surface area contributed by atoms with Crippen molar-refractivity contribution in [3.63, 3.8) is 0 Å². The normalized spacial score (nSPS) is 12.0. The van der Waals surface area contributed by atoms with E-state index in [0.29, 0.717) is 5.56 Å². The summed E-state index contributed by atoms with van der Waals surface area (Å²) in [7, 11) is -4.18. The van der Waals surface area contributed by atoms with E-state index in [2.05, 4.69) is 21.2 Å². The number of sulfonamides is 1. The van der Waals surface area contributed by atoms with Crippen LogP contribution >= 0.6 is 15.9 Å². The molecule has 0 saturated heterocycles. The molecular weight excluding hydrogens is 633 g/mol. The predicted molar refractivity (Wildman–Crippen MR) is 169 cm³/mol. The highest BCUT2D eigenvalue weighted by Gasteiger charge is 2.34. The quantitative estimate of drug-likeness (QED) is 0.203. The van der Waals surface area contributed by atoms with Gasteiger partial charge in [0.05, 0.1) is 10.6 Å². The summed E-state index contributed by atoms with van der Waals surface area (Å²) in [5, 5.41) is 2.91. The van der Waals surface area contributed by atoms with E-state index in [1.54, 1.807) is 54.6 Å². The topological polar surface area (TPSA) is 86.8 Å². The molecule has 4 aromatic rings. The van der Waals surface area contributed by atoms with Crippen molar-refractivity contribution in [2.75, 3.05) is 10.8 Å². The van der Waals surface area contributed by atoms with E-state index in [9.17, 15) is 22.4 Å². The molecule has 0 heterocycles. The third kappa shape index (κ3) is 8.52. The van der Waals surface area contributed by atoms with Gasteiger partial charge in [0, 0.05) is 23.5 Å². The lowest BCUT2D eigenvalue weighted by Crippen LogP contribution is -2.54. The smallest absolute Gasteiger partial charge is 0.264 e. The lowest BCUT2D eigenvalue weighted by atomic mass is 10.0. The van der Waals surface area contributed by atoms with Crippen LogP contribution in [0.2, 0.25) is 0 Å². The molecule has 0 spiro atoms. The van der Waals surface area contributed by atoms with Gasteiger partial charge in [0.25, 0.3) is 10.0 Å². The van der Waals surface area contributed by atoms with Crippen LogP contribution < -0.4 is 9.62 Å². The van der Waals surface area contributed by atoms with Crippen molar-refractivity contribution in [3.05, 3.63) is 131 Å². The monoisotopic (exact) mass is 665 g/mol. The Labute approximate surface area is 260 Å². The number of benzene rings is 4. The van der Waals surface area contributed by atoms with E-state index in [0.717, 1.165) is 14.3 Å². The van der Waals surface area contributed by atoms with Crippen molar-refractivity contribution in [3.8, 4) is 0 Å². The van der Waals surface area contributed by atoms with Crippen LogP contribution in [0.4, 0.5) is 10.1 Å². The Morgan fingerprint density at radius 3 is 1.98 bits per heavy atom. The van der Waals surface area contributed by atoms with Crippen molar-refractivity contribution in [2.45, 2.75) is 43.8 Å². The number of carbonyl (C=O) groups is 2. The minimum Gasteiger partial charge on any atom is -0.352 e. The van der Waals surface area contributed by atoms with Crippen LogP contribution in [0.1, 0.15) is 25.0 Å². The van der Waals surface area contributed by atoms with Gasteiger partial charge >= 0.3 is 0 Å². The van der Waals surface area contributed by atoms with Crippen LogP contribution in [0.25, 0.3) is 0 Å². The number of nitrogens with one attached hydrogen (secondary N) is 1. The van der Waals surface area contributed by atoms with Crippen molar-refractivity contribution in [1.29, 1.82) is 0 Å². The zero-order valence-electron chi connectivity index (χ0n) is 23.9. The zero-order valence-corrected chi connectivity index (χ0v) is 26.3. The molecule has 0 saturated carbocycles. The highest BCUT2D eigenvalue weighted by atomic mass is 79.9. The maximum absolute atomic E-state index is 14.3. The van der Waals surface area contributed by atoms with E-state index in [1.807, 2.05) is 44.2 Å². The summed E-state index contributed by atoms with van der Waals surface area (Å²) in [4.78, 5) is 29.4. The van der Waals surface area contributed by atoms with Crippen LogP contribution in [-0.4, -0.2) is 43.8 Å². The molecule has 1 unspecified atom stereocenters. The van der Waals surface area contributed by atoms with Crippen LogP contribution in [0.3, 0.4) is 0 Å². The van der Waals surface area contributed by atoms with Gasteiger partial charge in [-0.1, -0.05) is 76.6 Å². The van der Waals surface area contributed by atoms with Gasteiger partial charge in [-0.3, -0.25) is 13.9 Å². The molecule has 2 amide bonds. The van der Waals surface area contributed by atoms with Crippen molar-refractivity contribution in [2.24, 2.45) is 0 Å². The summed E-state index contributed by atoms with van der Waals surface area (Å²) in [5.41, 5.74) is 1.70. The van der Waals surface area contributed by atoms with E-state index in [4.69, 9.17) is 0 Å². The molecule has 1 N–H and O–H groups in total. The molecular formula is C33H33BrFN3O4S. The molecule has 0 aliphatic carbocycles. The van der Waals surface area contributed by atoms with E-state index < -0.39 is 34.3 Å². The number of hydrogen-bond donors (Lipinski definition) is 1. The molecule has 0 fully saturated rings. The van der Waals surface area contributed by atoms with E-state index in [-0.39, 0.29) is 35.5 Å². The van der Waals surface area contributed by atoms with Gasteiger partial charge < -0.3 is 10.2 Å². The van der Waals surface area contributed by atoms with Gasteiger partial charge in [-0.05, 0) is 73.5 Å². The highest BCUT2D eigenvalue weighted by Crippen LogP contribution is 2.26. The lowest BCUT2D eigenvalue weighted by Gasteiger charge is -2.34. The largest absolute Gasteiger partial charge is 0.352 e. The van der Waals surface area contributed by atoms with Crippen molar-refractivity contribution >= 4 is 43.5 Å². The molecule has 7 nitrogen and oxygen atoms in total. The average Bonchev–Trinajstić information content (AvgIpc) is 2.99. The number of rotatable bonds is 12. The molecule has 4 aromatic carbocycles. The lowest BCUT2D eigenvalue weighted by molar-refractivity contribution is -0.140. The summed E-state index contributed by atoms with van der Waals surface area (Å²) in [6, 6.07) is 28.2. The Morgan fingerprint density at radius 1 is 0.814 bits per heavy atom. The molecule has 10 heteroatoms. The first kappa shape index (κ1) is 31.9. The van der Waals surface area contributed by atoms with Crippen LogP contribution in [0, 0.1) is 5.82 Å². The van der Waals surface area contributed by atoms with Gasteiger partial charge in [-0.25, -0.2) is 12.8 Å². The minimum absolute atomic E-state index is 0.0224. The van der Waals surface area contributed by atoms with Crippen LogP contribution in [0.5, 0.6) is 0 Å². The second-order valence-corrected chi connectivity index (χ2v) is 13.1. The van der Waals surface area contributed by atoms with Gasteiger partial charge in [-0.15, -0.1) is 0 Å². The maximum Gasteiger partial charge on any atom is 0.264 e. The highest BCUT2D eigenvalue weighted by molar-refractivity contribution is 9.10. The molecule has 0 aromatic heterocycles. The fourth-order valence-electron chi connectivity index (χ4n) is 4.58. The minimum atomic E-state index is -4.18. The molecule has 1 atom stereocenters. The fourth-order valence-corrected chi connectivity index (χ4v) is 6.28. The van der Waals surface area contributed by atoms with Gasteiger partial charge in [-0.2, -0.15) is 0 Å². The first-order valence-corrected chi connectivity index (χ1v) is 16.0. The second-order valence-electron chi connectivity index (χ2n) is 10.3. The Morgan fingerprint density at radius 2 is 1.40 bits per heavy atom.